The zero-order valence-electron chi connectivity index (χ0n) is 18.7. The molecule has 0 N–H and O–H groups in total. The molecule has 5 fully saturated rings. The van der Waals surface area contributed by atoms with Crippen molar-refractivity contribution >= 4 is 11.9 Å². The summed E-state index contributed by atoms with van der Waals surface area (Å²) in [6.45, 7) is 10.3. The number of esters is 1. The van der Waals surface area contributed by atoms with E-state index in [1.54, 1.807) is 0 Å². The fourth-order valence-electron chi connectivity index (χ4n) is 6.94. The maximum atomic E-state index is 13.0. The number of allylic oxidation sites excluding steroid dienone is 1. The molecule has 5 aliphatic rings. The summed E-state index contributed by atoms with van der Waals surface area (Å²) in [5.74, 6) is 0.867. The van der Waals surface area contributed by atoms with Crippen molar-refractivity contribution < 1.29 is 19.1 Å². The summed E-state index contributed by atoms with van der Waals surface area (Å²) in [7, 11) is 0. The second-order valence-electron chi connectivity index (χ2n) is 10.5. The van der Waals surface area contributed by atoms with Crippen molar-refractivity contribution in [1.82, 2.24) is 9.80 Å². The molecule has 3 heterocycles. The third kappa shape index (κ3) is 3.14. The molecule has 0 spiro atoms. The highest BCUT2D eigenvalue weighted by molar-refractivity contribution is 5.94. The molecule has 2 saturated carbocycles. The van der Waals surface area contributed by atoms with Crippen LogP contribution in [0.5, 0.6) is 0 Å². The van der Waals surface area contributed by atoms with Crippen LogP contribution in [0.4, 0.5) is 0 Å². The maximum Gasteiger partial charge on any atom is 0.310 e. The average Bonchev–Trinajstić information content (AvgIpc) is 3.29. The molecule has 1 aromatic rings. The van der Waals surface area contributed by atoms with Gasteiger partial charge in [-0.25, -0.2) is 0 Å². The highest BCUT2D eigenvalue weighted by Crippen LogP contribution is 2.63. The first-order valence-electron chi connectivity index (χ1n) is 12.1. The van der Waals surface area contributed by atoms with Gasteiger partial charge in [0, 0.05) is 50.1 Å². The highest BCUT2D eigenvalue weighted by Gasteiger charge is 2.71. The van der Waals surface area contributed by atoms with Crippen LogP contribution in [0.3, 0.4) is 0 Å². The molecule has 6 rings (SSSR count). The summed E-state index contributed by atoms with van der Waals surface area (Å²) in [6, 6.07) is 9.46. The molecule has 7 atom stereocenters. The van der Waals surface area contributed by atoms with E-state index >= 15 is 0 Å². The summed E-state index contributed by atoms with van der Waals surface area (Å²) < 4.78 is 12.1. The van der Waals surface area contributed by atoms with E-state index in [1.165, 1.54) is 5.57 Å². The van der Waals surface area contributed by atoms with E-state index in [0.717, 1.165) is 44.5 Å². The van der Waals surface area contributed by atoms with Crippen LogP contribution >= 0.6 is 0 Å². The van der Waals surface area contributed by atoms with Crippen LogP contribution in [0.15, 0.2) is 42.5 Å². The predicted octanol–water partition coefficient (Wildman–Crippen LogP) is 2.75. The van der Waals surface area contributed by atoms with Gasteiger partial charge in [-0.05, 0) is 44.2 Å². The number of benzene rings is 1. The van der Waals surface area contributed by atoms with Gasteiger partial charge >= 0.3 is 5.97 Å². The SMILES string of the molecule is C=C1CC[C@@H]2[C@@H](OC(=O)[C@@H]2CN2CCN(C(=O)c3ccccc3)CC2)[C@@H]2[C@@H]1C[C@H]1O[C@@]21C. The molecule has 1 aromatic carbocycles. The summed E-state index contributed by atoms with van der Waals surface area (Å²) in [4.78, 5) is 30.0. The van der Waals surface area contributed by atoms with Crippen molar-refractivity contribution in [3.05, 3.63) is 48.0 Å². The second kappa shape index (κ2) is 7.42. The summed E-state index contributed by atoms with van der Waals surface area (Å²) in [5.41, 5.74) is 1.92. The van der Waals surface area contributed by atoms with Gasteiger partial charge in [-0.1, -0.05) is 30.4 Å². The Balaban J connectivity index is 1.12. The highest BCUT2D eigenvalue weighted by atomic mass is 16.6. The predicted molar refractivity (Wildman–Crippen MR) is 119 cm³/mol. The number of hydrogen-bond acceptors (Lipinski definition) is 5. The summed E-state index contributed by atoms with van der Waals surface area (Å²) in [6.07, 6.45) is 3.25. The average molecular weight is 437 g/mol. The standard InChI is InChI=1S/C26H32N2O4/c1-16-8-9-18-20(25(30)31-23(18)22-19(16)14-21-26(22,2)32-21)15-27-10-12-28(13-11-27)24(29)17-6-4-3-5-7-17/h3-7,18-23H,1,8-15H2,2H3/t18-,19+,20+,21+,22-,23+,26+/m0/s1. The molecule has 0 aromatic heterocycles. The van der Waals surface area contributed by atoms with Gasteiger partial charge in [-0.15, -0.1) is 0 Å². The number of nitrogens with zero attached hydrogens (tertiary/aromatic N) is 2. The Bertz CT molecular complexity index is 940. The van der Waals surface area contributed by atoms with E-state index in [0.29, 0.717) is 25.1 Å². The zero-order chi connectivity index (χ0) is 22.0. The molecule has 1 amide bonds. The molecule has 0 bridgehead atoms. The monoisotopic (exact) mass is 436 g/mol. The molecule has 2 aliphatic carbocycles. The number of amides is 1. The lowest BCUT2D eigenvalue weighted by molar-refractivity contribution is -0.147. The molecule has 3 saturated heterocycles. The minimum absolute atomic E-state index is 0.0400. The molecule has 32 heavy (non-hydrogen) atoms. The van der Waals surface area contributed by atoms with E-state index in [4.69, 9.17) is 9.47 Å². The van der Waals surface area contributed by atoms with Crippen LogP contribution in [0, 0.1) is 23.7 Å². The lowest BCUT2D eigenvalue weighted by Gasteiger charge is -2.36. The Labute approximate surface area is 189 Å². The zero-order valence-corrected chi connectivity index (χ0v) is 18.7. The first-order chi connectivity index (χ1) is 15.5. The summed E-state index contributed by atoms with van der Waals surface area (Å²) >= 11 is 0. The molecule has 0 unspecified atom stereocenters. The third-order valence-corrected chi connectivity index (χ3v) is 8.85. The quantitative estimate of drug-likeness (QED) is 0.414. The van der Waals surface area contributed by atoms with Crippen molar-refractivity contribution in [3.63, 3.8) is 0 Å². The van der Waals surface area contributed by atoms with Gasteiger partial charge in [-0.3, -0.25) is 14.5 Å². The molecular formula is C26H32N2O4. The van der Waals surface area contributed by atoms with Crippen molar-refractivity contribution in [2.45, 2.75) is 44.0 Å². The van der Waals surface area contributed by atoms with Crippen LogP contribution in [0.2, 0.25) is 0 Å². The number of epoxide rings is 1. The second-order valence-corrected chi connectivity index (χ2v) is 10.5. The largest absolute Gasteiger partial charge is 0.461 e. The van der Waals surface area contributed by atoms with Gasteiger partial charge in [0.1, 0.15) is 6.10 Å². The Kier molecular flexibility index (Phi) is 4.74. The van der Waals surface area contributed by atoms with E-state index in [9.17, 15) is 9.59 Å². The van der Waals surface area contributed by atoms with Crippen molar-refractivity contribution in [2.75, 3.05) is 32.7 Å². The number of hydrogen-bond donors (Lipinski definition) is 0. The number of carbonyl (C=O) groups excluding carboxylic acids is 2. The van der Waals surface area contributed by atoms with Gasteiger partial charge < -0.3 is 14.4 Å². The van der Waals surface area contributed by atoms with Gasteiger partial charge in [0.05, 0.1) is 17.6 Å². The molecule has 170 valence electrons. The molecule has 6 heteroatoms. The normalized spacial score (nSPS) is 40.8. The van der Waals surface area contributed by atoms with Gasteiger partial charge in [0.15, 0.2) is 0 Å². The van der Waals surface area contributed by atoms with E-state index in [1.807, 2.05) is 35.2 Å². The Morgan fingerprint density at radius 1 is 1.19 bits per heavy atom. The van der Waals surface area contributed by atoms with Crippen molar-refractivity contribution in [2.24, 2.45) is 23.7 Å². The van der Waals surface area contributed by atoms with Crippen LogP contribution < -0.4 is 0 Å². The van der Waals surface area contributed by atoms with Gasteiger partial charge in [0.2, 0.25) is 0 Å². The number of carbonyl (C=O) groups is 2. The van der Waals surface area contributed by atoms with E-state index in [2.05, 4.69) is 18.4 Å². The number of ether oxygens (including phenoxy) is 2. The molecule has 3 aliphatic heterocycles. The lowest BCUT2D eigenvalue weighted by atomic mass is 9.77. The van der Waals surface area contributed by atoms with Gasteiger partial charge in [0.25, 0.3) is 5.91 Å². The minimum Gasteiger partial charge on any atom is -0.461 e. The number of fused-ring (bicyclic) bond motifs is 5. The fraction of sp³-hybridized carbons (Fsp3) is 0.615. The van der Waals surface area contributed by atoms with Gasteiger partial charge in [-0.2, -0.15) is 0 Å². The molecular weight excluding hydrogens is 404 g/mol. The number of rotatable bonds is 3. The minimum atomic E-state index is -0.139. The van der Waals surface area contributed by atoms with Crippen molar-refractivity contribution in [3.8, 4) is 0 Å². The van der Waals surface area contributed by atoms with Crippen LogP contribution in [-0.4, -0.2) is 72.2 Å². The Morgan fingerprint density at radius 2 is 1.94 bits per heavy atom. The van der Waals surface area contributed by atoms with Crippen LogP contribution in [-0.2, 0) is 14.3 Å². The van der Waals surface area contributed by atoms with Crippen molar-refractivity contribution in [1.29, 1.82) is 0 Å². The Morgan fingerprint density at radius 3 is 2.69 bits per heavy atom. The maximum absolute atomic E-state index is 13.0. The van der Waals surface area contributed by atoms with Crippen LogP contribution in [0.25, 0.3) is 0 Å². The number of piperazine rings is 1. The lowest BCUT2D eigenvalue weighted by Crippen LogP contribution is -2.50. The van der Waals surface area contributed by atoms with Crippen LogP contribution in [0.1, 0.15) is 36.5 Å². The molecule has 0 radical (unpaired) electrons. The summed E-state index contributed by atoms with van der Waals surface area (Å²) in [5, 5.41) is 0. The fourth-order valence-corrected chi connectivity index (χ4v) is 6.94. The first kappa shape index (κ1) is 20.4. The molecule has 6 nitrogen and oxygen atoms in total. The van der Waals surface area contributed by atoms with E-state index < -0.39 is 0 Å². The topological polar surface area (TPSA) is 62.4 Å². The van der Waals surface area contributed by atoms with E-state index in [-0.39, 0.29) is 41.3 Å². The third-order valence-electron chi connectivity index (χ3n) is 8.85. The smallest absolute Gasteiger partial charge is 0.310 e. The Hall–Kier alpha value is -2.18. The first-order valence-corrected chi connectivity index (χ1v) is 12.1.